The van der Waals surface area contributed by atoms with E-state index in [1.807, 2.05) is 12.1 Å². The van der Waals surface area contributed by atoms with E-state index in [1.165, 1.54) is 23.3 Å². The molecule has 1 fully saturated rings. The predicted octanol–water partition coefficient (Wildman–Crippen LogP) is 3.48. The molecule has 1 atom stereocenters. The largest absolute Gasteiger partial charge is 0.484 e. The van der Waals surface area contributed by atoms with E-state index in [2.05, 4.69) is 22.2 Å². The van der Waals surface area contributed by atoms with Crippen LogP contribution in [0.15, 0.2) is 53.4 Å². The van der Waals surface area contributed by atoms with Crippen LogP contribution < -0.4 is 14.8 Å². The highest BCUT2D eigenvalue weighted by molar-refractivity contribution is 7.89. The summed E-state index contributed by atoms with van der Waals surface area (Å²) < 4.78 is 33.3. The van der Waals surface area contributed by atoms with Crippen LogP contribution in [0, 0.1) is 0 Å². The van der Waals surface area contributed by atoms with E-state index >= 15 is 0 Å². The molecule has 1 saturated carbocycles. The maximum absolute atomic E-state index is 12.5. The summed E-state index contributed by atoms with van der Waals surface area (Å²) in [5.41, 5.74) is 2.47. The Morgan fingerprint density at radius 3 is 2.47 bits per heavy atom. The molecule has 0 aliphatic heterocycles. The van der Waals surface area contributed by atoms with Gasteiger partial charge in [-0.2, -0.15) is 0 Å². The third kappa shape index (κ3) is 5.02. The van der Waals surface area contributed by atoms with Gasteiger partial charge < -0.3 is 10.1 Å². The highest BCUT2D eigenvalue weighted by Crippen LogP contribution is 2.29. The summed E-state index contributed by atoms with van der Waals surface area (Å²) in [6.07, 6.45) is 6.92. The number of sulfonamides is 1. The average molecular weight is 429 g/mol. The lowest BCUT2D eigenvalue weighted by Gasteiger charge is -2.26. The molecule has 0 heterocycles. The molecule has 30 heavy (non-hydrogen) atoms. The second-order valence-corrected chi connectivity index (χ2v) is 9.79. The number of fused-ring (bicyclic) bond motifs is 1. The first-order valence-corrected chi connectivity index (χ1v) is 12.1. The third-order valence-corrected chi connectivity index (χ3v) is 7.42. The molecule has 160 valence electrons. The number of carbonyl (C=O) groups is 1. The zero-order valence-corrected chi connectivity index (χ0v) is 17.8. The average Bonchev–Trinajstić information content (AvgIpc) is 3.25. The van der Waals surface area contributed by atoms with E-state index < -0.39 is 10.0 Å². The molecule has 2 aromatic carbocycles. The van der Waals surface area contributed by atoms with Gasteiger partial charge in [0.15, 0.2) is 6.61 Å². The molecule has 0 unspecified atom stereocenters. The first kappa shape index (κ1) is 20.9. The number of hydrogen-bond acceptors (Lipinski definition) is 4. The van der Waals surface area contributed by atoms with Crippen molar-refractivity contribution in [2.45, 2.75) is 61.9 Å². The summed E-state index contributed by atoms with van der Waals surface area (Å²) in [6.45, 7) is -0.106. The van der Waals surface area contributed by atoms with Gasteiger partial charge in [-0.25, -0.2) is 13.1 Å². The first-order valence-electron chi connectivity index (χ1n) is 10.6. The Bertz CT molecular complexity index is 983. The summed E-state index contributed by atoms with van der Waals surface area (Å²) >= 11 is 0. The van der Waals surface area contributed by atoms with Gasteiger partial charge in [0.1, 0.15) is 5.75 Å². The topological polar surface area (TPSA) is 84.5 Å². The van der Waals surface area contributed by atoms with E-state index in [1.54, 1.807) is 12.1 Å². The van der Waals surface area contributed by atoms with Crippen LogP contribution in [-0.2, 0) is 21.2 Å². The van der Waals surface area contributed by atoms with Crippen LogP contribution in [0.1, 0.15) is 55.7 Å². The number of rotatable bonds is 7. The zero-order valence-electron chi connectivity index (χ0n) is 17.0. The fourth-order valence-corrected chi connectivity index (χ4v) is 5.64. The fourth-order valence-electron chi connectivity index (χ4n) is 4.33. The van der Waals surface area contributed by atoms with Gasteiger partial charge in [-0.1, -0.05) is 37.1 Å². The summed E-state index contributed by atoms with van der Waals surface area (Å²) in [5.74, 6) is 0.283. The Labute approximate surface area is 178 Å². The van der Waals surface area contributed by atoms with Crippen LogP contribution in [0.25, 0.3) is 0 Å². The molecule has 2 aliphatic rings. The van der Waals surface area contributed by atoms with Crippen molar-refractivity contribution in [2.24, 2.45) is 0 Å². The Balaban J connectivity index is 1.30. The molecule has 0 saturated heterocycles. The van der Waals surface area contributed by atoms with E-state index in [0.29, 0.717) is 5.75 Å². The highest BCUT2D eigenvalue weighted by Gasteiger charge is 2.23. The Kier molecular flexibility index (Phi) is 6.39. The van der Waals surface area contributed by atoms with Crippen LogP contribution in [0.2, 0.25) is 0 Å². The number of nitrogens with one attached hydrogen (secondary N) is 2. The number of carbonyl (C=O) groups excluding carboxylic acids is 1. The van der Waals surface area contributed by atoms with E-state index in [-0.39, 0.29) is 29.5 Å². The standard InChI is InChI=1S/C23H28N2O4S/c26-23(24-22-11-5-7-17-6-1-4-10-21(17)22)16-29-19-12-14-20(15-13-19)30(27,28)25-18-8-2-3-9-18/h1,4,6,10,12-15,18,22,25H,2-3,5,7-9,11,16H2,(H,24,26)/t22-/m0/s1. The highest BCUT2D eigenvalue weighted by atomic mass is 32.2. The van der Waals surface area contributed by atoms with Gasteiger partial charge in [-0.15, -0.1) is 0 Å². The normalized spacial score (nSPS) is 19.3. The molecule has 2 aromatic rings. The summed E-state index contributed by atoms with van der Waals surface area (Å²) in [5, 5.41) is 3.05. The van der Waals surface area contributed by atoms with Gasteiger partial charge in [-0.05, 0) is 67.5 Å². The molecule has 1 amide bonds. The van der Waals surface area contributed by atoms with Crippen molar-refractivity contribution < 1.29 is 17.9 Å². The molecule has 7 heteroatoms. The minimum absolute atomic E-state index is 0.0141. The van der Waals surface area contributed by atoms with Crippen molar-refractivity contribution >= 4 is 15.9 Å². The quantitative estimate of drug-likeness (QED) is 0.707. The van der Waals surface area contributed by atoms with Crippen molar-refractivity contribution in [2.75, 3.05) is 6.61 Å². The van der Waals surface area contributed by atoms with Gasteiger partial charge in [-0.3, -0.25) is 4.79 Å². The van der Waals surface area contributed by atoms with Crippen molar-refractivity contribution in [1.29, 1.82) is 0 Å². The zero-order chi connectivity index (χ0) is 21.0. The number of aryl methyl sites for hydroxylation is 1. The minimum Gasteiger partial charge on any atom is -0.484 e. The molecular weight excluding hydrogens is 400 g/mol. The Morgan fingerprint density at radius 1 is 0.967 bits per heavy atom. The summed E-state index contributed by atoms with van der Waals surface area (Å²) in [4.78, 5) is 12.6. The Morgan fingerprint density at radius 2 is 1.70 bits per heavy atom. The second-order valence-electron chi connectivity index (χ2n) is 8.07. The van der Waals surface area contributed by atoms with Gasteiger partial charge in [0, 0.05) is 6.04 Å². The molecule has 6 nitrogen and oxygen atoms in total. The van der Waals surface area contributed by atoms with Crippen LogP contribution >= 0.6 is 0 Å². The minimum atomic E-state index is -3.52. The number of benzene rings is 2. The maximum atomic E-state index is 12.5. The van der Waals surface area contributed by atoms with E-state index in [0.717, 1.165) is 44.9 Å². The molecule has 0 aromatic heterocycles. The fraction of sp³-hybridized carbons (Fsp3) is 0.435. The SMILES string of the molecule is O=C(COc1ccc(S(=O)(=O)NC2CCCC2)cc1)N[C@H]1CCCc2ccccc21. The number of hydrogen-bond donors (Lipinski definition) is 2. The van der Waals surface area contributed by atoms with Gasteiger partial charge >= 0.3 is 0 Å². The second kappa shape index (κ2) is 9.18. The molecule has 0 bridgehead atoms. The summed E-state index contributed by atoms with van der Waals surface area (Å²) in [6, 6.07) is 14.5. The molecule has 2 N–H and O–H groups in total. The lowest BCUT2D eigenvalue weighted by Crippen LogP contribution is -2.34. The molecule has 2 aliphatic carbocycles. The van der Waals surface area contributed by atoms with Crippen LogP contribution in [0.4, 0.5) is 0 Å². The predicted molar refractivity (Wildman–Crippen MR) is 115 cm³/mol. The third-order valence-electron chi connectivity index (χ3n) is 5.89. The number of amides is 1. The van der Waals surface area contributed by atoms with Gasteiger partial charge in [0.05, 0.1) is 10.9 Å². The van der Waals surface area contributed by atoms with Crippen LogP contribution in [0.5, 0.6) is 5.75 Å². The molecule has 4 rings (SSSR count). The number of ether oxygens (including phenoxy) is 1. The van der Waals surface area contributed by atoms with Crippen molar-refractivity contribution in [3.8, 4) is 5.75 Å². The smallest absolute Gasteiger partial charge is 0.258 e. The van der Waals surface area contributed by atoms with Crippen molar-refractivity contribution in [3.05, 3.63) is 59.7 Å². The Hall–Kier alpha value is -2.38. The first-order chi connectivity index (χ1) is 14.5. The molecule has 0 radical (unpaired) electrons. The van der Waals surface area contributed by atoms with Crippen molar-refractivity contribution in [1.82, 2.24) is 10.0 Å². The summed E-state index contributed by atoms with van der Waals surface area (Å²) in [7, 11) is -3.52. The lowest BCUT2D eigenvalue weighted by molar-refractivity contribution is -0.124. The molecule has 0 spiro atoms. The van der Waals surface area contributed by atoms with E-state index in [9.17, 15) is 13.2 Å². The van der Waals surface area contributed by atoms with E-state index in [4.69, 9.17) is 4.74 Å². The van der Waals surface area contributed by atoms with Gasteiger partial charge in [0.2, 0.25) is 10.0 Å². The lowest BCUT2D eigenvalue weighted by atomic mass is 9.88. The van der Waals surface area contributed by atoms with Crippen LogP contribution in [-0.4, -0.2) is 27.0 Å². The van der Waals surface area contributed by atoms with Crippen molar-refractivity contribution in [3.63, 3.8) is 0 Å². The van der Waals surface area contributed by atoms with Gasteiger partial charge in [0.25, 0.3) is 5.91 Å². The maximum Gasteiger partial charge on any atom is 0.258 e. The van der Waals surface area contributed by atoms with Crippen LogP contribution in [0.3, 0.4) is 0 Å². The monoisotopic (exact) mass is 428 g/mol. The molecular formula is C23H28N2O4S.